The van der Waals surface area contributed by atoms with E-state index in [2.05, 4.69) is 57.8 Å². The van der Waals surface area contributed by atoms with Gasteiger partial charge in [0.15, 0.2) is 0 Å². The smallest absolute Gasteiger partial charge is 0.105 e. The van der Waals surface area contributed by atoms with Gasteiger partial charge in [0.2, 0.25) is 0 Å². The number of benzene rings is 2. The first-order chi connectivity index (χ1) is 16.0. The average molecular weight is 449 g/mol. The lowest BCUT2D eigenvalue weighted by Crippen LogP contribution is -2.27. The van der Waals surface area contributed by atoms with Gasteiger partial charge in [-0.1, -0.05) is 93.8 Å². The van der Waals surface area contributed by atoms with Gasteiger partial charge in [0.1, 0.15) is 6.10 Å². The second-order valence-corrected chi connectivity index (χ2v) is 8.77. The van der Waals surface area contributed by atoms with Crippen LogP contribution in [0.2, 0.25) is 0 Å². The second-order valence-electron chi connectivity index (χ2n) is 8.77. The zero-order valence-corrected chi connectivity index (χ0v) is 20.4. The van der Waals surface area contributed by atoms with Crippen molar-refractivity contribution in [2.24, 2.45) is 11.8 Å². The van der Waals surface area contributed by atoms with Crippen LogP contribution in [0.5, 0.6) is 0 Å². The number of rotatable bonds is 17. The highest BCUT2D eigenvalue weighted by atomic mass is 16.6. The van der Waals surface area contributed by atoms with Gasteiger partial charge in [-0.3, -0.25) is 0 Å². The maximum Gasteiger partial charge on any atom is 0.105 e. The zero-order valence-electron chi connectivity index (χ0n) is 20.4. The molecule has 3 nitrogen and oxygen atoms in total. The van der Waals surface area contributed by atoms with E-state index in [1.807, 2.05) is 42.5 Å². The molecule has 0 bridgehead atoms. The summed E-state index contributed by atoms with van der Waals surface area (Å²) < 4.78 is 18.2. The molecule has 2 aromatic carbocycles. The van der Waals surface area contributed by atoms with E-state index in [1.54, 1.807) is 0 Å². The summed E-state index contributed by atoms with van der Waals surface area (Å²) in [6, 6.07) is 16.5. The lowest BCUT2D eigenvalue weighted by molar-refractivity contribution is -0.0738. The fraction of sp³-hybridized carbons (Fsp3) is 0.400. The maximum absolute atomic E-state index is 6.17. The van der Waals surface area contributed by atoms with Crippen LogP contribution in [0, 0.1) is 11.8 Å². The minimum Gasteiger partial charge on any atom is -0.378 e. The van der Waals surface area contributed by atoms with Gasteiger partial charge in [-0.25, -0.2) is 0 Å². The Balaban J connectivity index is 1.83. The molecule has 33 heavy (non-hydrogen) atoms. The Bertz CT molecular complexity index is 823. The topological polar surface area (TPSA) is 27.7 Å². The third kappa shape index (κ3) is 10.8. The highest BCUT2D eigenvalue weighted by molar-refractivity contribution is 5.47. The van der Waals surface area contributed by atoms with E-state index in [4.69, 9.17) is 14.2 Å². The summed E-state index contributed by atoms with van der Waals surface area (Å²) in [6.45, 7) is 18.7. The standard InChI is InChI=1S/C30H40O3/c1-6-24(4)9-10-25(5)19-31-22-30(33-21-29-17-13-27(8-3)14-18-29)23-32-20-28-15-11-26(7-2)12-16-28/h6-8,11-18,24-25,30H,1-3,9-10,19-23H2,4-5H3. The molecule has 0 aromatic heterocycles. The first kappa shape index (κ1) is 26.8. The van der Waals surface area contributed by atoms with E-state index in [-0.39, 0.29) is 6.10 Å². The average Bonchev–Trinajstić information content (AvgIpc) is 2.86. The lowest BCUT2D eigenvalue weighted by Gasteiger charge is -2.20. The second kappa shape index (κ2) is 15.4. The largest absolute Gasteiger partial charge is 0.378 e. The van der Waals surface area contributed by atoms with E-state index in [1.165, 1.54) is 0 Å². The molecule has 0 N–H and O–H groups in total. The van der Waals surface area contributed by atoms with Gasteiger partial charge in [-0.2, -0.15) is 0 Å². The highest BCUT2D eigenvalue weighted by Crippen LogP contribution is 2.14. The SMILES string of the molecule is C=Cc1ccc(COCC(COCC(C)CCC(C)C=C)OCc2ccc(C=C)cc2)cc1. The van der Waals surface area contributed by atoms with Crippen LogP contribution >= 0.6 is 0 Å². The molecule has 2 aromatic rings. The van der Waals surface area contributed by atoms with Crippen LogP contribution in [0.15, 0.2) is 74.3 Å². The van der Waals surface area contributed by atoms with Crippen molar-refractivity contribution in [3.63, 3.8) is 0 Å². The molecule has 0 radical (unpaired) electrons. The number of hydrogen-bond acceptors (Lipinski definition) is 3. The van der Waals surface area contributed by atoms with Crippen molar-refractivity contribution in [2.75, 3.05) is 19.8 Å². The summed E-state index contributed by atoms with van der Waals surface area (Å²) in [6.07, 6.45) is 7.84. The van der Waals surface area contributed by atoms with E-state index in [0.717, 1.165) is 41.7 Å². The lowest BCUT2D eigenvalue weighted by atomic mass is 9.99. The van der Waals surface area contributed by atoms with E-state index in [0.29, 0.717) is 38.3 Å². The maximum atomic E-state index is 6.17. The third-order valence-corrected chi connectivity index (χ3v) is 5.71. The van der Waals surface area contributed by atoms with Crippen molar-refractivity contribution >= 4 is 12.2 Å². The molecule has 3 heteroatoms. The van der Waals surface area contributed by atoms with Crippen LogP contribution in [-0.2, 0) is 27.4 Å². The zero-order chi connectivity index (χ0) is 23.9. The predicted molar refractivity (Wildman–Crippen MR) is 140 cm³/mol. The monoisotopic (exact) mass is 448 g/mol. The minimum absolute atomic E-state index is 0.129. The fourth-order valence-electron chi connectivity index (χ4n) is 3.32. The molecule has 3 atom stereocenters. The van der Waals surface area contributed by atoms with Gasteiger partial charge in [-0.15, -0.1) is 6.58 Å². The van der Waals surface area contributed by atoms with Crippen molar-refractivity contribution in [3.8, 4) is 0 Å². The molecule has 0 aliphatic carbocycles. The summed E-state index contributed by atoms with van der Waals surface area (Å²) >= 11 is 0. The quantitative estimate of drug-likeness (QED) is 0.237. The molecular weight excluding hydrogens is 408 g/mol. The van der Waals surface area contributed by atoms with Crippen molar-refractivity contribution < 1.29 is 14.2 Å². The Labute approximate surface area is 200 Å². The number of ether oxygens (including phenoxy) is 3. The van der Waals surface area contributed by atoms with Gasteiger partial charge in [0.05, 0.1) is 26.4 Å². The molecule has 2 rings (SSSR count). The molecule has 0 spiro atoms. The van der Waals surface area contributed by atoms with Crippen LogP contribution in [0.1, 0.15) is 48.9 Å². The minimum atomic E-state index is -0.129. The van der Waals surface area contributed by atoms with Crippen molar-refractivity contribution in [1.29, 1.82) is 0 Å². The third-order valence-electron chi connectivity index (χ3n) is 5.71. The molecule has 178 valence electrons. The normalized spacial score (nSPS) is 13.8. The van der Waals surface area contributed by atoms with Gasteiger partial charge < -0.3 is 14.2 Å². The molecule has 0 heterocycles. The van der Waals surface area contributed by atoms with Crippen LogP contribution in [0.25, 0.3) is 12.2 Å². The highest BCUT2D eigenvalue weighted by Gasteiger charge is 2.13. The molecule has 0 saturated carbocycles. The van der Waals surface area contributed by atoms with Crippen LogP contribution in [0.4, 0.5) is 0 Å². The van der Waals surface area contributed by atoms with E-state index < -0.39 is 0 Å². The first-order valence-electron chi connectivity index (χ1n) is 11.9. The summed E-state index contributed by atoms with van der Waals surface area (Å²) in [5.41, 5.74) is 4.46. The number of allylic oxidation sites excluding steroid dienone is 1. The summed E-state index contributed by atoms with van der Waals surface area (Å²) in [5, 5.41) is 0. The van der Waals surface area contributed by atoms with Crippen molar-refractivity contribution in [2.45, 2.75) is 46.0 Å². The molecule has 0 saturated heterocycles. The van der Waals surface area contributed by atoms with Crippen LogP contribution in [-0.4, -0.2) is 25.9 Å². The summed E-state index contributed by atoms with van der Waals surface area (Å²) in [4.78, 5) is 0. The van der Waals surface area contributed by atoms with Crippen molar-refractivity contribution in [1.82, 2.24) is 0 Å². The molecule has 0 fully saturated rings. The Morgan fingerprint density at radius 1 is 0.697 bits per heavy atom. The molecule has 3 unspecified atom stereocenters. The Hall–Kier alpha value is -2.46. The predicted octanol–water partition coefficient (Wildman–Crippen LogP) is 7.33. The summed E-state index contributed by atoms with van der Waals surface area (Å²) in [5.74, 6) is 1.05. The van der Waals surface area contributed by atoms with E-state index in [9.17, 15) is 0 Å². The Morgan fingerprint density at radius 2 is 1.24 bits per heavy atom. The van der Waals surface area contributed by atoms with Crippen LogP contribution in [0.3, 0.4) is 0 Å². The number of hydrogen-bond donors (Lipinski definition) is 0. The van der Waals surface area contributed by atoms with Gasteiger partial charge in [-0.05, 0) is 46.9 Å². The van der Waals surface area contributed by atoms with Gasteiger partial charge in [0.25, 0.3) is 0 Å². The molecule has 0 aliphatic heterocycles. The molecule has 0 amide bonds. The first-order valence-corrected chi connectivity index (χ1v) is 11.9. The Morgan fingerprint density at radius 3 is 1.79 bits per heavy atom. The molecular formula is C30H40O3. The van der Waals surface area contributed by atoms with Crippen molar-refractivity contribution in [3.05, 3.63) is 96.6 Å². The van der Waals surface area contributed by atoms with Gasteiger partial charge in [0, 0.05) is 6.61 Å². The van der Waals surface area contributed by atoms with Crippen LogP contribution < -0.4 is 0 Å². The van der Waals surface area contributed by atoms with Gasteiger partial charge >= 0.3 is 0 Å². The fourth-order valence-corrected chi connectivity index (χ4v) is 3.32. The molecule has 0 aliphatic rings. The summed E-state index contributed by atoms with van der Waals surface area (Å²) in [7, 11) is 0. The Kier molecular flexibility index (Phi) is 12.5. The van der Waals surface area contributed by atoms with E-state index >= 15 is 0 Å².